The first-order valence-corrected chi connectivity index (χ1v) is 3.81. The van der Waals surface area contributed by atoms with Gasteiger partial charge in [0, 0.05) is 12.6 Å². The van der Waals surface area contributed by atoms with Crippen molar-refractivity contribution >= 4 is 5.78 Å². The lowest BCUT2D eigenvalue weighted by molar-refractivity contribution is -0.118. The molecule has 0 amide bonds. The zero-order valence-electron chi connectivity index (χ0n) is 6.87. The molecule has 0 aromatic carbocycles. The molecule has 0 aliphatic carbocycles. The molecule has 0 radical (unpaired) electrons. The van der Waals surface area contributed by atoms with Gasteiger partial charge in [-0.25, -0.2) is 0 Å². The van der Waals surface area contributed by atoms with Crippen molar-refractivity contribution in [2.75, 3.05) is 13.1 Å². The van der Waals surface area contributed by atoms with Gasteiger partial charge in [0.05, 0.1) is 12.6 Å². The molecule has 1 aliphatic rings. The highest BCUT2D eigenvalue weighted by atomic mass is 16.1. The third-order valence-corrected chi connectivity index (χ3v) is 2.05. The number of hydrogen-bond donors (Lipinski definition) is 0. The molecule has 1 rings (SSSR count). The minimum absolute atomic E-state index is 0.0706. The Balaban J connectivity index is 2.58. The van der Waals surface area contributed by atoms with Gasteiger partial charge >= 0.3 is 0 Å². The van der Waals surface area contributed by atoms with Crippen molar-refractivity contribution in [3.05, 3.63) is 0 Å². The van der Waals surface area contributed by atoms with Gasteiger partial charge in [0.15, 0.2) is 5.78 Å². The van der Waals surface area contributed by atoms with Crippen LogP contribution < -0.4 is 0 Å². The van der Waals surface area contributed by atoms with Gasteiger partial charge in [-0.05, 0) is 13.8 Å². The highest BCUT2D eigenvalue weighted by Gasteiger charge is 2.31. The lowest BCUT2D eigenvalue weighted by Gasteiger charge is -2.17. The molecule has 0 spiro atoms. The summed E-state index contributed by atoms with van der Waals surface area (Å²) in [6, 6.07) is 2.38. The third-order valence-electron chi connectivity index (χ3n) is 2.05. The number of rotatable bonds is 1. The van der Waals surface area contributed by atoms with Crippen LogP contribution >= 0.6 is 0 Å². The van der Waals surface area contributed by atoms with Crippen molar-refractivity contribution in [2.24, 2.45) is 5.92 Å². The summed E-state index contributed by atoms with van der Waals surface area (Å²) in [6.07, 6.45) is 0. The fourth-order valence-electron chi connectivity index (χ4n) is 1.22. The van der Waals surface area contributed by atoms with Crippen molar-refractivity contribution in [2.45, 2.75) is 19.9 Å². The van der Waals surface area contributed by atoms with E-state index >= 15 is 0 Å². The fourth-order valence-corrected chi connectivity index (χ4v) is 1.22. The average molecular weight is 152 g/mol. The van der Waals surface area contributed by atoms with Crippen molar-refractivity contribution in [1.82, 2.24) is 4.90 Å². The second kappa shape index (κ2) is 3.02. The maximum absolute atomic E-state index is 11.1. The van der Waals surface area contributed by atoms with Gasteiger partial charge in [-0.1, -0.05) is 0 Å². The van der Waals surface area contributed by atoms with Crippen LogP contribution in [0.15, 0.2) is 0 Å². The molecule has 1 heterocycles. The predicted molar refractivity (Wildman–Crippen MR) is 40.8 cm³/mol. The Bertz CT molecular complexity index is 205. The van der Waals surface area contributed by atoms with Crippen LogP contribution in [-0.4, -0.2) is 29.8 Å². The van der Waals surface area contributed by atoms with Crippen LogP contribution in [-0.2, 0) is 4.79 Å². The van der Waals surface area contributed by atoms with Gasteiger partial charge in [0.25, 0.3) is 0 Å². The molecule has 0 aromatic rings. The number of ketones is 1. The molecule has 1 fully saturated rings. The highest BCUT2D eigenvalue weighted by molar-refractivity contribution is 5.87. The molecule has 1 unspecified atom stereocenters. The Morgan fingerprint density at radius 3 is 2.64 bits per heavy atom. The molecule has 1 aliphatic heterocycles. The van der Waals surface area contributed by atoms with E-state index in [1.54, 1.807) is 0 Å². The largest absolute Gasteiger partial charge is 0.297 e. The second-order valence-corrected chi connectivity index (χ2v) is 3.17. The molecule has 3 heteroatoms. The number of nitriles is 1. The minimum atomic E-state index is -0.377. The van der Waals surface area contributed by atoms with E-state index in [9.17, 15) is 4.79 Å². The van der Waals surface area contributed by atoms with Crippen molar-refractivity contribution in [3.63, 3.8) is 0 Å². The predicted octanol–water partition coefficient (Wildman–Crippen LogP) is 0.419. The van der Waals surface area contributed by atoms with Crippen LogP contribution in [0.5, 0.6) is 0 Å². The maximum Gasteiger partial charge on any atom is 0.165 e. The minimum Gasteiger partial charge on any atom is -0.297 e. The summed E-state index contributed by atoms with van der Waals surface area (Å²) in [5.41, 5.74) is 0. The summed E-state index contributed by atoms with van der Waals surface area (Å²) in [4.78, 5) is 13.1. The van der Waals surface area contributed by atoms with E-state index < -0.39 is 0 Å². The van der Waals surface area contributed by atoms with E-state index in [-0.39, 0.29) is 11.7 Å². The van der Waals surface area contributed by atoms with Crippen LogP contribution in [0.3, 0.4) is 0 Å². The Kier molecular flexibility index (Phi) is 2.25. The molecule has 1 atom stereocenters. The van der Waals surface area contributed by atoms with Crippen LogP contribution in [0.2, 0.25) is 0 Å². The Morgan fingerprint density at radius 1 is 1.73 bits per heavy atom. The van der Waals surface area contributed by atoms with Crippen LogP contribution in [0.25, 0.3) is 0 Å². The molecule has 0 bridgehead atoms. The third kappa shape index (κ3) is 1.58. The quantitative estimate of drug-likeness (QED) is 0.547. The van der Waals surface area contributed by atoms with Crippen molar-refractivity contribution in [1.29, 1.82) is 5.26 Å². The average Bonchev–Trinajstić information content (AvgIpc) is 2.31. The van der Waals surface area contributed by atoms with E-state index in [4.69, 9.17) is 5.26 Å². The van der Waals surface area contributed by atoms with Gasteiger partial charge in [0.1, 0.15) is 5.92 Å². The molecule has 0 aromatic heterocycles. The normalized spacial score (nSPS) is 26.0. The molecule has 60 valence electrons. The van der Waals surface area contributed by atoms with Crippen LogP contribution in [0.1, 0.15) is 13.8 Å². The number of nitrogens with zero attached hydrogens (tertiary/aromatic N) is 2. The number of Topliss-reactive ketones (excluding diaryl/α,β-unsaturated/α-hetero) is 1. The van der Waals surface area contributed by atoms with E-state index in [0.717, 1.165) is 0 Å². The van der Waals surface area contributed by atoms with Crippen molar-refractivity contribution in [3.8, 4) is 6.07 Å². The Morgan fingerprint density at radius 2 is 2.36 bits per heavy atom. The molecular formula is C8H12N2O. The van der Waals surface area contributed by atoms with E-state index in [1.807, 2.05) is 24.8 Å². The lowest BCUT2D eigenvalue weighted by Crippen LogP contribution is -2.28. The molecule has 0 saturated carbocycles. The van der Waals surface area contributed by atoms with Gasteiger partial charge < -0.3 is 0 Å². The molecule has 1 saturated heterocycles. The number of hydrogen-bond acceptors (Lipinski definition) is 3. The lowest BCUT2D eigenvalue weighted by atomic mass is 10.1. The summed E-state index contributed by atoms with van der Waals surface area (Å²) in [6.45, 7) is 5.14. The van der Waals surface area contributed by atoms with Crippen LogP contribution in [0, 0.1) is 17.2 Å². The number of carbonyl (C=O) groups is 1. The second-order valence-electron chi connectivity index (χ2n) is 3.17. The summed E-state index contributed by atoms with van der Waals surface area (Å²) in [5.74, 6) is -0.307. The SMILES string of the molecule is CC(C)N1CC(=O)C(C#N)C1. The van der Waals surface area contributed by atoms with Gasteiger partial charge in [-0.15, -0.1) is 0 Å². The fraction of sp³-hybridized carbons (Fsp3) is 0.750. The van der Waals surface area contributed by atoms with Gasteiger partial charge in [-0.3, -0.25) is 9.69 Å². The summed E-state index contributed by atoms with van der Waals surface area (Å²) < 4.78 is 0. The zero-order valence-corrected chi connectivity index (χ0v) is 6.87. The Labute approximate surface area is 66.6 Å². The summed E-state index contributed by atoms with van der Waals surface area (Å²) >= 11 is 0. The monoisotopic (exact) mass is 152 g/mol. The summed E-state index contributed by atoms with van der Waals surface area (Å²) in [7, 11) is 0. The topological polar surface area (TPSA) is 44.1 Å². The first-order valence-electron chi connectivity index (χ1n) is 3.81. The highest BCUT2D eigenvalue weighted by Crippen LogP contribution is 2.13. The van der Waals surface area contributed by atoms with Crippen molar-refractivity contribution < 1.29 is 4.79 Å². The van der Waals surface area contributed by atoms with Gasteiger partial charge in [-0.2, -0.15) is 5.26 Å². The van der Waals surface area contributed by atoms with Gasteiger partial charge in [0.2, 0.25) is 0 Å². The first kappa shape index (κ1) is 8.22. The molecule has 0 N–H and O–H groups in total. The van der Waals surface area contributed by atoms with E-state index in [1.165, 1.54) is 0 Å². The van der Waals surface area contributed by atoms with E-state index in [0.29, 0.717) is 19.1 Å². The molecule has 11 heavy (non-hydrogen) atoms. The Hall–Kier alpha value is -0.880. The maximum atomic E-state index is 11.1. The number of likely N-dealkylation sites (tertiary alicyclic amines) is 1. The zero-order chi connectivity index (χ0) is 8.43. The summed E-state index contributed by atoms with van der Waals surface area (Å²) in [5, 5.41) is 8.54. The number of carbonyl (C=O) groups excluding carboxylic acids is 1. The van der Waals surface area contributed by atoms with Crippen LogP contribution in [0.4, 0.5) is 0 Å². The van der Waals surface area contributed by atoms with E-state index in [2.05, 4.69) is 0 Å². The standard InChI is InChI=1S/C8H12N2O/c1-6(2)10-4-7(3-9)8(11)5-10/h6-7H,4-5H2,1-2H3. The molecular weight excluding hydrogens is 140 g/mol. The first-order chi connectivity index (χ1) is 5.15. The molecule has 3 nitrogen and oxygen atoms in total. The smallest absolute Gasteiger partial charge is 0.165 e.